The normalized spacial score (nSPS) is 14.6. The smallest absolute Gasteiger partial charge is 0.224 e. The number of H-pyrrole nitrogens is 1. The van der Waals surface area contributed by atoms with Gasteiger partial charge < -0.3 is 11.1 Å². The molecule has 18 heavy (non-hydrogen) atoms. The van der Waals surface area contributed by atoms with Crippen LogP contribution in [0, 0.1) is 0 Å². The molecule has 8 heteroatoms. The van der Waals surface area contributed by atoms with Crippen LogP contribution in [-0.4, -0.2) is 42.4 Å². The van der Waals surface area contributed by atoms with Crippen molar-refractivity contribution in [3.05, 3.63) is 6.20 Å². The molecule has 4 N–H and O–H groups in total. The average molecular weight is 268 g/mol. The third-order valence-corrected chi connectivity index (χ3v) is 3.36. The zero-order valence-electron chi connectivity index (χ0n) is 10.3. The summed E-state index contributed by atoms with van der Waals surface area (Å²) in [7, 11) is -0.784. The van der Waals surface area contributed by atoms with E-state index in [1.54, 1.807) is 12.5 Å². The highest BCUT2D eigenvalue weighted by atomic mass is 32.2. The molecular formula is C10H16N6OS. The Balaban J connectivity index is 2.15. The molecule has 0 spiro atoms. The summed E-state index contributed by atoms with van der Waals surface area (Å²) in [6, 6.07) is 0.154. The first-order valence-corrected chi connectivity index (χ1v) is 7.32. The van der Waals surface area contributed by atoms with Crippen molar-refractivity contribution in [2.45, 2.75) is 19.4 Å². The molecule has 0 radical (unpaired) electrons. The van der Waals surface area contributed by atoms with Crippen LogP contribution in [0.15, 0.2) is 6.20 Å². The maximum Gasteiger partial charge on any atom is 0.224 e. The molecule has 0 aromatic carbocycles. The van der Waals surface area contributed by atoms with Crippen LogP contribution >= 0.6 is 0 Å². The van der Waals surface area contributed by atoms with Gasteiger partial charge in [-0.25, -0.2) is 0 Å². The molecule has 2 unspecified atom stereocenters. The topological polar surface area (TPSA) is 110 Å². The number of hydrogen-bond donors (Lipinski definition) is 3. The average Bonchev–Trinajstić information content (AvgIpc) is 2.74. The van der Waals surface area contributed by atoms with E-state index in [0.29, 0.717) is 17.2 Å². The largest absolute Gasteiger partial charge is 0.368 e. The molecule has 0 bridgehead atoms. The second-order valence-electron chi connectivity index (χ2n) is 4.17. The monoisotopic (exact) mass is 268 g/mol. The molecular weight excluding hydrogens is 252 g/mol. The highest BCUT2D eigenvalue weighted by molar-refractivity contribution is 7.84. The van der Waals surface area contributed by atoms with E-state index in [1.165, 1.54) is 0 Å². The van der Waals surface area contributed by atoms with Crippen molar-refractivity contribution < 1.29 is 4.21 Å². The third-order valence-electron chi connectivity index (χ3n) is 2.55. The van der Waals surface area contributed by atoms with Crippen molar-refractivity contribution in [2.24, 2.45) is 0 Å². The Kier molecular flexibility index (Phi) is 3.75. The Bertz CT molecular complexity index is 568. The van der Waals surface area contributed by atoms with Gasteiger partial charge in [0.15, 0.2) is 5.65 Å². The van der Waals surface area contributed by atoms with E-state index in [2.05, 4.69) is 25.5 Å². The van der Waals surface area contributed by atoms with Gasteiger partial charge in [-0.1, -0.05) is 0 Å². The second-order valence-corrected chi connectivity index (χ2v) is 5.73. The SMILES string of the molecule is CC(CCS(C)=O)Nc1nc(N)nc2[nH]ncc12. The number of hydrogen-bond acceptors (Lipinski definition) is 6. The van der Waals surface area contributed by atoms with Crippen LogP contribution in [0.1, 0.15) is 13.3 Å². The predicted octanol–water partition coefficient (Wildman–Crippen LogP) is 0.504. The minimum atomic E-state index is -0.784. The second kappa shape index (κ2) is 5.30. The van der Waals surface area contributed by atoms with Crippen molar-refractivity contribution in [1.29, 1.82) is 0 Å². The first-order valence-electron chi connectivity index (χ1n) is 5.59. The summed E-state index contributed by atoms with van der Waals surface area (Å²) in [4.78, 5) is 8.20. The fourth-order valence-corrected chi connectivity index (χ4v) is 2.30. The van der Waals surface area contributed by atoms with Crippen LogP contribution in [0.4, 0.5) is 11.8 Å². The Labute approximate surface area is 107 Å². The molecule has 98 valence electrons. The van der Waals surface area contributed by atoms with Crippen molar-refractivity contribution in [2.75, 3.05) is 23.1 Å². The van der Waals surface area contributed by atoms with Gasteiger partial charge in [0, 0.05) is 28.9 Å². The van der Waals surface area contributed by atoms with Crippen LogP contribution < -0.4 is 11.1 Å². The zero-order chi connectivity index (χ0) is 13.1. The van der Waals surface area contributed by atoms with Gasteiger partial charge >= 0.3 is 0 Å². The van der Waals surface area contributed by atoms with E-state index in [1.807, 2.05) is 6.92 Å². The highest BCUT2D eigenvalue weighted by Gasteiger charge is 2.10. The zero-order valence-corrected chi connectivity index (χ0v) is 11.1. The summed E-state index contributed by atoms with van der Waals surface area (Å²) >= 11 is 0. The lowest BCUT2D eigenvalue weighted by Crippen LogP contribution is -2.19. The van der Waals surface area contributed by atoms with Crippen LogP contribution in [0.25, 0.3) is 11.0 Å². The van der Waals surface area contributed by atoms with Crippen LogP contribution in [-0.2, 0) is 10.8 Å². The lowest BCUT2D eigenvalue weighted by atomic mass is 10.2. The fraction of sp³-hybridized carbons (Fsp3) is 0.500. The third kappa shape index (κ3) is 2.95. The van der Waals surface area contributed by atoms with E-state index in [9.17, 15) is 4.21 Å². The molecule has 0 aliphatic carbocycles. The van der Waals surface area contributed by atoms with Gasteiger partial charge in [-0.2, -0.15) is 15.1 Å². The Morgan fingerprint density at radius 2 is 2.33 bits per heavy atom. The highest BCUT2D eigenvalue weighted by Crippen LogP contribution is 2.19. The van der Waals surface area contributed by atoms with E-state index in [0.717, 1.165) is 11.8 Å². The quantitative estimate of drug-likeness (QED) is 0.728. The van der Waals surface area contributed by atoms with Gasteiger partial charge in [0.05, 0.1) is 11.6 Å². The molecule has 0 amide bonds. The molecule has 2 rings (SSSR count). The van der Waals surface area contributed by atoms with Gasteiger partial charge in [-0.05, 0) is 13.3 Å². The number of aromatic nitrogens is 4. The van der Waals surface area contributed by atoms with Crippen molar-refractivity contribution >= 4 is 33.6 Å². The summed E-state index contributed by atoms with van der Waals surface area (Å²) in [5, 5.41) is 10.7. The Morgan fingerprint density at radius 1 is 1.56 bits per heavy atom. The van der Waals surface area contributed by atoms with Gasteiger partial charge in [0.2, 0.25) is 5.95 Å². The van der Waals surface area contributed by atoms with Gasteiger partial charge in [-0.15, -0.1) is 0 Å². The number of aromatic amines is 1. The number of rotatable bonds is 5. The minimum absolute atomic E-state index is 0.154. The summed E-state index contributed by atoms with van der Waals surface area (Å²) < 4.78 is 11.0. The first-order chi connectivity index (χ1) is 8.56. The molecule has 7 nitrogen and oxygen atoms in total. The van der Waals surface area contributed by atoms with Crippen molar-refractivity contribution in [3.8, 4) is 0 Å². The molecule has 2 aromatic rings. The van der Waals surface area contributed by atoms with E-state index in [-0.39, 0.29) is 12.0 Å². The van der Waals surface area contributed by atoms with Crippen molar-refractivity contribution in [1.82, 2.24) is 20.2 Å². The van der Waals surface area contributed by atoms with Crippen LogP contribution in [0.2, 0.25) is 0 Å². The van der Waals surface area contributed by atoms with Crippen LogP contribution in [0.5, 0.6) is 0 Å². The summed E-state index contributed by atoms with van der Waals surface area (Å²) in [6.45, 7) is 2.01. The molecule has 2 aromatic heterocycles. The van der Waals surface area contributed by atoms with E-state index >= 15 is 0 Å². The fourth-order valence-electron chi connectivity index (χ4n) is 1.61. The summed E-state index contributed by atoms with van der Waals surface area (Å²) in [5.41, 5.74) is 6.23. The molecule has 0 aliphatic rings. The number of nitrogen functional groups attached to an aromatic ring is 1. The van der Waals surface area contributed by atoms with Crippen molar-refractivity contribution in [3.63, 3.8) is 0 Å². The maximum atomic E-state index is 11.0. The molecule has 0 aliphatic heterocycles. The standard InChI is InChI=1S/C10H16N6OS/c1-6(3-4-18(2)17)13-8-7-5-12-16-9(7)15-10(11)14-8/h5-6H,3-4H2,1-2H3,(H4,11,12,13,14,15,16). The van der Waals surface area contributed by atoms with Gasteiger partial charge in [-0.3, -0.25) is 9.31 Å². The summed E-state index contributed by atoms with van der Waals surface area (Å²) in [6.07, 6.45) is 4.15. The number of nitrogens with zero attached hydrogens (tertiary/aromatic N) is 3. The Hall–Kier alpha value is -1.70. The summed E-state index contributed by atoms with van der Waals surface area (Å²) in [5.74, 6) is 1.50. The molecule has 2 heterocycles. The van der Waals surface area contributed by atoms with E-state index < -0.39 is 10.8 Å². The lowest BCUT2D eigenvalue weighted by Gasteiger charge is -2.14. The molecule has 2 atom stereocenters. The molecule has 0 saturated heterocycles. The van der Waals surface area contributed by atoms with E-state index in [4.69, 9.17) is 5.73 Å². The predicted molar refractivity (Wildman–Crippen MR) is 72.7 cm³/mol. The van der Waals surface area contributed by atoms with Gasteiger partial charge in [0.1, 0.15) is 5.82 Å². The minimum Gasteiger partial charge on any atom is -0.368 e. The molecule has 0 fully saturated rings. The number of nitrogens with one attached hydrogen (secondary N) is 2. The maximum absolute atomic E-state index is 11.0. The van der Waals surface area contributed by atoms with Gasteiger partial charge in [0.25, 0.3) is 0 Å². The lowest BCUT2D eigenvalue weighted by molar-refractivity contribution is 0.678. The Morgan fingerprint density at radius 3 is 3.06 bits per heavy atom. The first kappa shape index (κ1) is 12.7. The number of nitrogens with two attached hydrogens (primary N) is 1. The number of anilines is 2. The molecule has 0 saturated carbocycles. The number of fused-ring (bicyclic) bond motifs is 1. The van der Waals surface area contributed by atoms with Crippen LogP contribution in [0.3, 0.4) is 0 Å².